The number of aromatic nitrogens is 2. The van der Waals surface area contributed by atoms with Crippen LogP contribution in [-0.4, -0.2) is 40.8 Å². The summed E-state index contributed by atoms with van der Waals surface area (Å²) in [5, 5.41) is 4.83. The minimum atomic E-state index is 0.0584. The fourth-order valence-corrected chi connectivity index (χ4v) is 3.67. The van der Waals surface area contributed by atoms with E-state index in [0.717, 1.165) is 35.3 Å². The van der Waals surface area contributed by atoms with Crippen LogP contribution in [0, 0.1) is 5.92 Å². The van der Waals surface area contributed by atoms with Crippen molar-refractivity contribution in [1.29, 1.82) is 0 Å². The molecule has 0 N–H and O–H groups in total. The zero-order valence-corrected chi connectivity index (χ0v) is 16.1. The maximum absolute atomic E-state index is 12.9. The smallest absolute Gasteiger partial charge is 0.225 e. The lowest BCUT2D eigenvalue weighted by Gasteiger charge is -2.26. The van der Waals surface area contributed by atoms with Gasteiger partial charge in [-0.1, -0.05) is 48.5 Å². The van der Waals surface area contributed by atoms with Crippen molar-refractivity contribution in [2.75, 3.05) is 20.3 Å². The van der Waals surface area contributed by atoms with E-state index in [1.165, 1.54) is 0 Å². The van der Waals surface area contributed by atoms with Gasteiger partial charge in [0.1, 0.15) is 0 Å². The minimum absolute atomic E-state index is 0.0584. The maximum atomic E-state index is 12.9. The van der Waals surface area contributed by atoms with Crippen molar-refractivity contribution in [3.63, 3.8) is 0 Å². The van der Waals surface area contributed by atoms with Crippen LogP contribution in [0.3, 0.4) is 0 Å². The number of carbonyl (C=O) groups excluding carboxylic acids is 1. The van der Waals surface area contributed by atoms with Crippen LogP contribution in [0.4, 0.5) is 0 Å². The monoisotopic (exact) mass is 375 g/mol. The third-order valence-corrected chi connectivity index (χ3v) is 5.21. The molecule has 0 bridgehead atoms. The van der Waals surface area contributed by atoms with Gasteiger partial charge in [0.05, 0.1) is 11.4 Å². The maximum Gasteiger partial charge on any atom is 0.225 e. The first-order valence-corrected chi connectivity index (χ1v) is 9.74. The second kappa shape index (κ2) is 8.40. The third-order valence-electron chi connectivity index (χ3n) is 5.21. The largest absolute Gasteiger partial charge is 0.381 e. The van der Waals surface area contributed by atoms with Crippen molar-refractivity contribution in [3.8, 4) is 16.9 Å². The molecule has 3 aromatic rings. The molecule has 1 amide bonds. The number of hydrogen-bond acceptors (Lipinski definition) is 3. The number of amides is 1. The molecule has 144 valence electrons. The normalized spacial score (nSPS) is 14.8. The topological polar surface area (TPSA) is 47.4 Å². The summed E-state index contributed by atoms with van der Waals surface area (Å²) in [6.07, 6.45) is 3.64. The molecule has 0 radical (unpaired) electrons. The van der Waals surface area contributed by atoms with Gasteiger partial charge in [-0.25, -0.2) is 4.68 Å². The molecule has 0 atom stereocenters. The zero-order valence-electron chi connectivity index (χ0n) is 16.1. The molecule has 28 heavy (non-hydrogen) atoms. The molecule has 1 aliphatic heterocycles. The Kier molecular flexibility index (Phi) is 5.53. The number of carbonyl (C=O) groups is 1. The van der Waals surface area contributed by atoms with Gasteiger partial charge in [0.2, 0.25) is 5.91 Å². The van der Waals surface area contributed by atoms with Crippen LogP contribution in [0.15, 0.2) is 66.9 Å². The Morgan fingerprint density at radius 1 is 1.07 bits per heavy atom. The zero-order chi connectivity index (χ0) is 19.3. The molecule has 0 saturated carbocycles. The Labute approximate surface area is 165 Å². The van der Waals surface area contributed by atoms with Gasteiger partial charge in [-0.05, 0) is 25.0 Å². The van der Waals surface area contributed by atoms with Gasteiger partial charge in [0.25, 0.3) is 0 Å². The van der Waals surface area contributed by atoms with E-state index in [1.54, 1.807) is 0 Å². The molecule has 1 fully saturated rings. The fourth-order valence-electron chi connectivity index (χ4n) is 3.67. The number of hydrogen-bond donors (Lipinski definition) is 0. The second-order valence-corrected chi connectivity index (χ2v) is 7.23. The number of rotatable bonds is 5. The molecule has 4 rings (SSSR count). The Hall–Kier alpha value is -2.92. The number of benzene rings is 2. The van der Waals surface area contributed by atoms with Crippen LogP contribution in [0.5, 0.6) is 0 Å². The Balaban J connectivity index is 1.63. The first-order chi connectivity index (χ1) is 13.7. The molecule has 2 heterocycles. The lowest BCUT2D eigenvalue weighted by atomic mass is 9.98. The molecule has 2 aromatic carbocycles. The van der Waals surface area contributed by atoms with E-state index in [-0.39, 0.29) is 11.8 Å². The van der Waals surface area contributed by atoms with Crippen LogP contribution in [0.1, 0.15) is 18.4 Å². The average molecular weight is 375 g/mol. The molecule has 0 spiro atoms. The van der Waals surface area contributed by atoms with Crippen LogP contribution >= 0.6 is 0 Å². The van der Waals surface area contributed by atoms with Crippen LogP contribution in [-0.2, 0) is 16.1 Å². The lowest BCUT2D eigenvalue weighted by molar-refractivity contribution is -0.137. The highest BCUT2D eigenvalue weighted by atomic mass is 16.5. The third kappa shape index (κ3) is 3.99. The van der Waals surface area contributed by atoms with Gasteiger partial charge in [0, 0.05) is 50.0 Å². The molecular weight excluding hydrogens is 350 g/mol. The van der Waals surface area contributed by atoms with Crippen molar-refractivity contribution >= 4 is 5.91 Å². The average Bonchev–Trinajstić information content (AvgIpc) is 3.19. The number of para-hydroxylation sites is 1. The molecule has 5 nitrogen and oxygen atoms in total. The van der Waals surface area contributed by atoms with E-state index in [9.17, 15) is 4.79 Å². The van der Waals surface area contributed by atoms with Crippen LogP contribution < -0.4 is 0 Å². The van der Waals surface area contributed by atoms with Crippen molar-refractivity contribution in [2.45, 2.75) is 19.4 Å². The first-order valence-electron chi connectivity index (χ1n) is 9.74. The van der Waals surface area contributed by atoms with E-state index >= 15 is 0 Å². The Morgan fingerprint density at radius 2 is 1.71 bits per heavy atom. The van der Waals surface area contributed by atoms with Gasteiger partial charge < -0.3 is 9.64 Å². The highest BCUT2D eigenvalue weighted by molar-refractivity contribution is 5.79. The predicted octanol–water partition coefficient (Wildman–Crippen LogP) is 3.92. The van der Waals surface area contributed by atoms with Gasteiger partial charge in [0.15, 0.2) is 0 Å². The predicted molar refractivity (Wildman–Crippen MR) is 109 cm³/mol. The van der Waals surface area contributed by atoms with Crippen molar-refractivity contribution < 1.29 is 9.53 Å². The summed E-state index contributed by atoms with van der Waals surface area (Å²) in [5.41, 5.74) is 4.01. The molecule has 0 unspecified atom stereocenters. The van der Waals surface area contributed by atoms with E-state index in [2.05, 4.69) is 12.1 Å². The molecule has 5 heteroatoms. The van der Waals surface area contributed by atoms with E-state index in [0.29, 0.717) is 19.8 Å². The summed E-state index contributed by atoms with van der Waals surface area (Å²) in [7, 11) is 1.88. The van der Waals surface area contributed by atoms with E-state index < -0.39 is 0 Å². The Morgan fingerprint density at radius 3 is 2.39 bits per heavy atom. The standard InChI is InChI=1S/C23H25N3O2/c1-25(23(27)19-12-14-28-15-13-19)16-20-17-26(21-10-6-3-7-11-21)24-22(20)18-8-4-2-5-9-18/h2-11,17,19H,12-16H2,1H3. The van der Waals surface area contributed by atoms with Gasteiger partial charge >= 0.3 is 0 Å². The molecule has 1 aliphatic rings. The van der Waals surface area contributed by atoms with Crippen molar-refractivity contribution in [2.24, 2.45) is 5.92 Å². The first kappa shape index (κ1) is 18.4. The SMILES string of the molecule is CN(Cc1cn(-c2ccccc2)nc1-c1ccccc1)C(=O)C1CCOCC1. The Bertz CT molecular complexity index is 916. The summed E-state index contributed by atoms with van der Waals surface area (Å²) in [6.45, 7) is 1.88. The van der Waals surface area contributed by atoms with Gasteiger partial charge in [-0.15, -0.1) is 0 Å². The summed E-state index contributed by atoms with van der Waals surface area (Å²) < 4.78 is 7.29. The summed E-state index contributed by atoms with van der Waals surface area (Å²) >= 11 is 0. The highest BCUT2D eigenvalue weighted by Crippen LogP contribution is 2.26. The quantitative estimate of drug-likeness (QED) is 0.679. The summed E-state index contributed by atoms with van der Waals surface area (Å²) in [6, 6.07) is 20.2. The van der Waals surface area contributed by atoms with E-state index in [4.69, 9.17) is 9.84 Å². The molecule has 1 aromatic heterocycles. The van der Waals surface area contributed by atoms with E-state index in [1.807, 2.05) is 71.4 Å². The van der Waals surface area contributed by atoms with Crippen molar-refractivity contribution in [3.05, 3.63) is 72.4 Å². The van der Waals surface area contributed by atoms with Crippen LogP contribution in [0.25, 0.3) is 16.9 Å². The van der Waals surface area contributed by atoms with Gasteiger partial charge in [-0.3, -0.25) is 4.79 Å². The molecule has 1 saturated heterocycles. The second-order valence-electron chi connectivity index (χ2n) is 7.23. The summed E-state index contributed by atoms with van der Waals surface area (Å²) in [5.74, 6) is 0.248. The van der Waals surface area contributed by atoms with Crippen molar-refractivity contribution in [1.82, 2.24) is 14.7 Å². The number of nitrogens with zero attached hydrogens (tertiary/aromatic N) is 3. The molecular formula is C23H25N3O2. The van der Waals surface area contributed by atoms with Gasteiger partial charge in [-0.2, -0.15) is 5.10 Å². The van der Waals surface area contributed by atoms with Crippen LogP contribution in [0.2, 0.25) is 0 Å². The highest BCUT2D eigenvalue weighted by Gasteiger charge is 2.25. The summed E-state index contributed by atoms with van der Waals surface area (Å²) in [4.78, 5) is 14.7. The minimum Gasteiger partial charge on any atom is -0.381 e. The lowest BCUT2D eigenvalue weighted by Crippen LogP contribution is -2.35. The fraction of sp³-hybridized carbons (Fsp3) is 0.304. The number of ether oxygens (including phenoxy) is 1. The molecule has 0 aliphatic carbocycles.